The van der Waals surface area contributed by atoms with Gasteiger partial charge in [-0.25, -0.2) is 0 Å². The average Bonchev–Trinajstić information content (AvgIpc) is 2.83. The lowest BCUT2D eigenvalue weighted by Crippen LogP contribution is -2.46. The molecule has 1 aliphatic heterocycles. The molecule has 1 N–H and O–H groups in total. The molecule has 0 aliphatic carbocycles. The number of benzene rings is 2. The molecule has 2 amide bonds. The summed E-state index contributed by atoms with van der Waals surface area (Å²) >= 11 is 0. The monoisotopic (exact) mass is 442 g/mol. The minimum absolute atomic E-state index is 0.0116. The average molecular weight is 443 g/mol. The Bertz CT molecular complexity index is 911. The number of carbonyl (C=O) groups excluding carboxylic acids is 2. The van der Waals surface area contributed by atoms with Gasteiger partial charge in [-0.1, -0.05) is 0 Å². The van der Waals surface area contributed by atoms with Crippen LogP contribution in [0.15, 0.2) is 36.4 Å². The van der Waals surface area contributed by atoms with E-state index in [9.17, 15) is 9.59 Å². The summed E-state index contributed by atoms with van der Waals surface area (Å²) in [5, 5.41) is 3.05. The molecule has 0 radical (unpaired) electrons. The lowest BCUT2D eigenvalue weighted by atomic mass is 10.0. The Morgan fingerprint density at radius 2 is 1.53 bits per heavy atom. The molecule has 0 spiro atoms. The van der Waals surface area contributed by atoms with Gasteiger partial charge in [-0.2, -0.15) is 0 Å². The molecular formula is C24H30N2O6. The minimum Gasteiger partial charge on any atom is -0.494 e. The summed E-state index contributed by atoms with van der Waals surface area (Å²) in [5.74, 6) is 1.80. The fraction of sp³-hybridized carbons (Fsp3) is 0.417. The van der Waals surface area contributed by atoms with E-state index in [-0.39, 0.29) is 17.9 Å². The summed E-state index contributed by atoms with van der Waals surface area (Å²) in [6.45, 7) is 3.66. The van der Waals surface area contributed by atoms with Crippen molar-refractivity contribution in [1.82, 2.24) is 10.2 Å². The molecule has 2 aromatic carbocycles. The van der Waals surface area contributed by atoms with Crippen molar-refractivity contribution in [2.75, 3.05) is 41.0 Å². The molecule has 0 saturated carbocycles. The first-order valence-corrected chi connectivity index (χ1v) is 10.6. The van der Waals surface area contributed by atoms with Crippen LogP contribution in [-0.2, 0) is 0 Å². The molecule has 0 unspecified atom stereocenters. The maximum absolute atomic E-state index is 12.8. The van der Waals surface area contributed by atoms with Gasteiger partial charge in [-0.3, -0.25) is 9.59 Å². The smallest absolute Gasteiger partial charge is 0.253 e. The Morgan fingerprint density at radius 1 is 0.938 bits per heavy atom. The van der Waals surface area contributed by atoms with E-state index in [1.54, 1.807) is 36.4 Å². The van der Waals surface area contributed by atoms with Crippen LogP contribution in [0.2, 0.25) is 0 Å². The van der Waals surface area contributed by atoms with E-state index in [1.165, 1.54) is 21.3 Å². The highest BCUT2D eigenvalue weighted by Crippen LogP contribution is 2.38. The molecule has 1 heterocycles. The van der Waals surface area contributed by atoms with Gasteiger partial charge in [0.1, 0.15) is 5.75 Å². The molecule has 2 aromatic rings. The van der Waals surface area contributed by atoms with Crippen molar-refractivity contribution in [2.45, 2.75) is 25.8 Å². The molecule has 1 fully saturated rings. The zero-order chi connectivity index (χ0) is 23.1. The number of ether oxygens (including phenoxy) is 4. The van der Waals surface area contributed by atoms with E-state index in [1.807, 2.05) is 11.8 Å². The maximum Gasteiger partial charge on any atom is 0.253 e. The molecule has 0 bridgehead atoms. The molecule has 8 nitrogen and oxygen atoms in total. The van der Waals surface area contributed by atoms with E-state index in [4.69, 9.17) is 18.9 Å². The summed E-state index contributed by atoms with van der Waals surface area (Å²) in [6.07, 6.45) is 1.36. The van der Waals surface area contributed by atoms with Crippen molar-refractivity contribution in [3.05, 3.63) is 47.5 Å². The van der Waals surface area contributed by atoms with Crippen LogP contribution in [0.1, 0.15) is 40.5 Å². The number of carbonyl (C=O) groups is 2. The molecule has 8 heteroatoms. The van der Waals surface area contributed by atoms with Gasteiger partial charge in [0.25, 0.3) is 11.8 Å². The summed E-state index contributed by atoms with van der Waals surface area (Å²) in [6, 6.07) is 10.4. The van der Waals surface area contributed by atoms with E-state index in [0.717, 1.165) is 5.75 Å². The van der Waals surface area contributed by atoms with Crippen LogP contribution in [0.5, 0.6) is 23.0 Å². The Hall–Kier alpha value is -3.42. The highest BCUT2D eigenvalue weighted by Gasteiger charge is 2.26. The van der Waals surface area contributed by atoms with E-state index >= 15 is 0 Å². The van der Waals surface area contributed by atoms with E-state index in [2.05, 4.69) is 5.32 Å². The number of hydrogen-bond acceptors (Lipinski definition) is 6. The third-order valence-corrected chi connectivity index (χ3v) is 5.46. The largest absolute Gasteiger partial charge is 0.494 e. The third-order valence-electron chi connectivity index (χ3n) is 5.46. The quantitative estimate of drug-likeness (QED) is 0.676. The lowest BCUT2D eigenvalue weighted by molar-refractivity contribution is 0.0698. The number of methoxy groups -OCH3 is 3. The zero-order valence-corrected chi connectivity index (χ0v) is 19.0. The van der Waals surface area contributed by atoms with Gasteiger partial charge in [0.2, 0.25) is 5.75 Å². The van der Waals surface area contributed by atoms with Gasteiger partial charge in [0.05, 0.1) is 27.9 Å². The van der Waals surface area contributed by atoms with Crippen LogP contribution in [0, 0.1) is 0 Å². The number of nitrogens with one attached hydrogen (secondary N) is 1. The summed E-state index contributed by atoms with van der Waals surface area (Å²) < 4.78 is 21.4. The summed E-state index contributed by atoms with van der Waals surface area (Å²) in [4.78, 5) is 27.4. The number of likely N-dealkylation sites (tertiary alicyclic amines) is 1. The molecule has 1 aliphatic rings. The SMILES string of the molecule is CCOc1ccc(C(=O)N2CCC(NC(=O)c3cc(OC)c(OC)c(OC)c3)CC2)cc1. The molecule has 172 valence electrons. The van der Waals surface area contributed by atoms with E-state index in [0.29, 0.717) is 60.9 Å². The highest BCUT2D eigenvalue weighted by molar-refractivity contribution is 5.96. The van der Waals surface area contributed by atoms with Crippen LogP contribution in [-0.4, -0.2) is 63.8 Å². The molecule has 3 rings (SSSR count). The normalized spacial score (nSPS) is 13.9. The van der Waals surface area contributed by atoms with Crippen LogP contribution in [0.25, 0.3) is 0 Å². The second-order valence-electron chi connectivity index (χ2n) is 7.41. The van der Waals surface area contributed by atoms with Gasteiger partial charge in [-0.05, 0) is 56.2 Å². The fourth-order valence-electron chi connectivity index (χ4n) is 3.75. The Balaban J connectivity index is 1.59. The van der Waals surface area contributed by atoms with Gasteiger partial charge in [-0.15, -0.1) is 0 Å². The summed E-state index contributed by atoms with van der Waals surface area (Å²) in [5.41, 5.74) is 1.06. The zero-order valence-electron chi connectivity index (χ0n) is 19.0. The van der Waals surface area contributed by atoms with Crippen LogP contribution in [0.4, 0.5) is 0 Å². The molecule has 1 saturated heterocycles. The number of nitrogens with zero attached hydrogens (tertiary/aromatic N) is 1. The first kappa shape index (κ1) is 23.2. The van der Waals surface area contributed by atoms with Gasteiger partial charge in [0.15, 0.2) is 11.5 Å². The third kappa shape index (κ3) is 5.25. The first-order valence-electron chi connectivity index (χ1n) is 10.6. The van der Waals surface area contributed by atoms with Gasteiger partial charge >= 0.3 is 0 Å². The topological polar surface area (TPSA) is 86.3 Å². The highest BCUT2D eigenvalue weighted by atomic mass is 16.5. The Kier molecular flexibility index (Phi) is 7.81. The van der Waals surface area contributed by atoms with Crippen molar-refractivity contribution in [3.8, 4) is 23.0 Å². The molecular weight excluding hydrogens is 412 g/mol. The minimum atomic E-state index is -0.222. The predicted molar refractivity (Wildman–Crippen MR) is 120 cm³/mol. The first-order chi connectivity index (χ1) is 15.5. The van der Waals surface area contributed by atoms with Gasteiger partial charge in [0, 0.05) is 30.3 Å². The van der Waals surface area contributed by atoms with E-state index < -0.39 is 0 Å². The van der Waals surface area contributed by atoms with Crippen molar-refractivity contribution < 1.29 is 28.5 Å². The number of rotatable bonds is 8. The van der Waals surface area contributed by atoms with Crippen molar-refractivity contribution in [3.63, 3.8) is 0 Å². The van der Waals surface area contributed by atoms with Crippen molar-refractivity contribution in [1.29, 1.82) is 0 Å². The lowest BCUT2D eigenvalue weighted by Gasteiger charge is -2.32. The van der Waals surface area contributed by atoms with Crippen LogP contribution >= 0.6 is 0 Å². The van der Waals surface area contributed by atoms with Crippen molar-refractivity contribution >= 4 is 11.8 Å². The molecule has 0 aromatic heterocycles. The Morgan fingerprint density at radius 3 is 2.03 bits per heavy atom. The standard InChI is InChI=1S/C24H30N2O6/c1-5-32-19-8-6-16(7-9-19)24(28)26-12-10-18(11-13-26)25-23(27)17-14-20(29-2)22(31-4)21(15-17)30-3/h6-9,14-15,18H,5,10-13H2,1-4H3,(H,25,27). The van der Waals surface area contributed by atoms with Crippen LogP contribution in [0.3, 0.4) is 0 Å². The van der Waals surface area contributed by atoms with Crippen molar-refractivity contribution in [2.24, 2.45) is 0 Å². The maximum atomic E-state index is 12.8. The second-order valence-corrected chi connectivity index (χ2v) is 7.41. The van der Waals surface area contributed by atoms with Gasteiger partial charge < -0.3 is 29.2 Å². The number of hydrogen-bond donors (Lipinski definition) is 1. The second kappa shape index (κ2) is 10.7. The molecule has 0 atom stereocenters. The molecule has 32 heavy (non-hydrogen) atoms. The predicted octanol–water partition coefficient (Wildman–Crippen LogP) is 3.15. The number of piperidine rings is 1. The Labute approximate surface area is 188 Å². The van der Waals surface area contributed by atoms with Crippen LogP contribution < -0.4 is 24.3 Å². The summed E-state index contributed by atoms with van der Waals surface area (Å²) in [7, 11) is 4.54. The number of amides is 2. The fourth-order valence-corrected chi connectivity index (χ4v) is 3.75.